The van der Waals surface area contributed by atoms with E-state index in [1.807, 2.05) is 18.2 Å². The van der Waals surface area contributed by atoms with Gasteiger partial charge >= 0.3 is 0 Å². The van der Waals surface area contributed by atoms with E-state index in [2.05, 4.69) is 15.4 Å². The van der Waals surface area contributed by atoms with Gasteiger partial charge in [0.1, 0.15) is 0 Å². The predicted octanol–water partition coefficient (Wildman–Crippen LogP) is -0.102. The van der Waals surface area contributed by atoms with Gasteiger partial charge in [-0.1, -0.05) is 6.07 Å². The minimum atomic E-state index is -0.527. The zero-order valence-electron chi connectivity index (χ0n) is 13.5. The second-order valence-corrected chi connectivity index (χ2v) is 5.80. The summed E-state index contributed by atoms with van der Waals surface area (Å²) in [7, 11) is 0. The number of pyridine rings is 1. The van der Waals surface area contributed by atoms with Crippen molar-refractivity contribution in [3.63, 3.8) is 0 Å². The lowest BCUT2D eigenvalue weighted by Crippen LogP contribution is -2.45. The molecule has 0 bridgehead atoms. The number of hydrogen-bond donors (Lipinski definition) is 2. The molecule has 3 N–H and O–H groups in total. The van der Waals surface area contributed by atoms with Gasteiger partial charge in [0.25, 0.3) is 5.91 Å². The van der Waals surface area contributed by atoms with Crippen LogP contribution in [-0.2, 0) is 24.4 Å². The molecular formula is C16H20N6O2. The Morgan fingerprint density at radius 3 is 2.92 bits per heavy atom. The number of aromatic nitrogens is 3. The van der Waals surface area contributed by atoms with E-state index in [9.17, 15) is 9.59 Å². The topological polar surface area (TPSA) is 106 Å². The van der Waals surface area contributed by atoms with Crippen LogP contribution in [0.2, 0.25) is 0 Å². The standard InChI is InChI=1S/C16H20N6O2/c1-11(17)16(24)21-6-7-22-13(10-21)8-14(20-22)15(23)19-9-12-4-2-3-5-18-12/h2-5,8,11H,6-7,9-10,17H2,1H3,(H,19,23)/t11-/m1/s1. The molecule has 0 spiro atoms. The Bertz CT molecular complexity index is 740. The van der Waals surface area contributed by atoms with Crippen LogP contribution in [0.4, 0.5) is 0 Å². The molecule has 0 aromatic carbocycles. The molecule has 8 nitrogen and oxygen atoms in total. The number of nitrogens with one attached hydrogen (secondary N) is 1. The number of amides is 2. The number of carbonyl (C=O) groups is 2. The van der Waals surface area contributed by atoms with Crippen molar-refractivity contribution in [2.45, 2.75) is 32.6 Å². The van der Waals surface area contributed by atoms with Gasteiger partial charge in [-0.2, -0.15) is 5.10 Å². The zero-order chi connectivity index (χ0) is 17.1. The molecule has 126 valence electrons. The highest BCUT2D eigenvalue weighted by Crippen LogP contribution is 2.14. The molecule has 2 amide bonds. The van der Waals surface area contributed by atoms with Gasteiger partial charge in [0.15, 0.2) is 5.69 Å². The second-order valence-electron chi connectivity index (χ2n) is 5.80. The van der Waals surface area contributed by atoms with E-state index in [1.165, 1.54) is 0 Å². The molecule has 0 saturated heterocycles. The Labute approximate surface area is 139 Å². The largest absolute Gasteiger partial charge is 0.345 e. The molecule has 1 atom stereocenters. The molecule has 8 heteroatoms. The third-order valence-corrected chi connectivity index (χ3v) is 3.89. The second kappa shape index (κ2) is 6.79. The molecule has 0 fully saturated rings. The van der Waals surface area contributed by atoms with Crippen molar-refractivity contribution in [3.05, 3.63) is 47.5 Å². The highest BCUT2D eigenvalue weighted by atomic mass is 16.2. The quantitative estimate of drug-likeness (QED) is 0.815. The lowest BCUT2D eigenvalue weighted by Gasteiger charge is -2.28. The van der Waals surface area contributed by atoms with Crippen LogP contribution in [0, 0.1) is 0 Å². The maximum absolute atomic E-state index is 12.2. The Balaban J connectivity index is 1.65. The van der Waals surface area contributed by atoms with Crippen LogP contribution >= 0.6 is 0 Å². The van der Waals surface area contributed by atoms with E-state index in [0.717, 1.165) is 11.4 Å². The Morgan fingerprint density at radius 1 is 1.38 bits per heavy atom. The summed E-state index contributed by atoms with van der Waals surface area (Å²) < 4.78 is 1.76. The van der Waals surface area contributed by atoms with Crippen LogP contribution in [0.5, 0.6) is 0 Å². The van der Waals surface area contributed by atoms with Crippen molar-refractivity contribution in [1.29, 1.82) is 0 Å². The Morgan fingerprint density at radius 2 is 2.21 bits per heavy atom. The first-order valence-corrected chi connectivity index (χ1v) is 7.84. The van der Waals surface area contributed by atoms with Crippen LogP contribution < -0.4 is 11.1 Å². The maximum Gasteiger partial charge on any atom is 0.272 e. The normalized spacial score (nSPS) is 14.8. The minimum absolute atomic E-state index is 0.0939. The van der Waals surface area contributed by atoms with Gasteiger partial charge in [0.05, 0.1) is 37.1 Å². The summed E-state index contributed by atoms with van der Waals surface area (Å²) in [5.74, 6) is -0.351. The monoisotopic (exact) mass is 328 g/mol. The van der Waals surface area contributed by atoms with Gasteiger partial charge in [-0.3, -0.25) is 19.3 Å². The zero-order valence-corrected chi connectivity index (χ0v) is 13.5. The molecule has 0 unspecified atom stereocenters. The van der Waals surface area contributed by atoms with Crippen molar-refractivity contribution in [3.8, 4) is 0 Å². The van der Waals surface area contributed by atoms with E-state index in [-0.39, 0.29) is 11.8 Å². The molecular weight excluding hydrogens is 308 g/mol. The summed E-state index contributed by atoms with van der Waals surface area (Å²) in [6, 6.07) is 6.72. The molecule has 3 heterocycles. The van der Waals surface area contributed by atoms with Gasteiger partial charge in [-0.25, -0.2) is 0 Å². The van der Waals surface area contributed by atoms with Gasteiger partial charge in [-0.15, -0.1) is 0 Å². The van der Waals surface area contributed by atoms with Crippen molar-refractivity contribution in [2.24, 2.45) is 5.73 Å². The molecule has 3 rings (SSSR count). The molecule has 1 aliphatic rings. The predicted molar refractivity (Wildman–Crippen MR) is 86.7 cm³/mol. The highest BCUT2D eigenvalue weighted by Gasteiger charge is 2.25. The first kappa shape index (κ1) is 16.1. The van der Waals surface area contributed by atoms with Crippen LogP contribution in [0.25, 0.3) is 0 Å². The third-order valence-electron chi connectivity index (χ3n) is 3.89. The van der Waals surface area contributed by atoms with Crippen LogP contribution in [-0.4, -0.2) is 44.1 Å². The van der Waals surface area contributed by atoms with Crippen molar-refractivity contribution >= 4 is 11.8 Å². The fourth-order valence-corrected chi connectivity index (χ4v) is 2.62. The first-order chi connectivity index (χ1) is 11.5. The number of fused-ring (bicyclic) bond motifs is 1. The van der Waals surface area contributed by atoms with E-state index in [0.29, 0.717) is 31.9 Å². The summed E-state index contributed by atoms with van der Waals surface area (Å²) in [6.07, 6.45) is 1.68. The lowest BCUT2D eigenvalue weighted by molar-refractivity contribution is -0.133. The third kappa shape index (κ3) is 3.43. The average Bonchev–Trinajstić information content (AvgIpc) is 3.03. The van der Waals surface area contributed by atoms with Crippen molar-refractivity contribution < 1.29 is 9.59 Å². The highest BCUT2D eigenvalue weighted by molar-refractivity contribution is 5.92. The van der Waals surface area contributed by atoms with Crippen LogP contribution in [0.15, 0.2) is 30.5 Å². The van der Waals surface area contributed by atoms with E-state index < -0.39 is 6.04 Å². The van der Waals surface area contributed by atoms with Crippen LogP contribution in [0.1, 0.15) is 28.8 Å². The Kier molecular flexibility index (Phi) is 4.57. The minimum Gasteiger partial charge on any atom is -0.345 e. The SMILES string of the molecule is C[C@@H](N)C(=O)N1CCn2nc(C(=O)NCc3ccccn3)cc2C1. The number of nitrogens with zero attached hydrogens (tertiary/aromatic N) is 4. The Hall–Kier alpha value is -2.74. The summed E-state index contributed by atoms with van der Waals surface area (Å²) >= 11 is 0. The summed E-state index contributed by atoms with van der Waals surface area (Å²) in [5, 5.41) is 7.12. The molecule has 1 aliphatic heterocycles. The van der Waals surface area contributed by atoms with Gasteiger partial charge < -0.3 is 16.0 Å². The summed E-state index contributed by atoms with van der Waals surface area (Å²) in [6.45, 7) is 3.54. The van der Waals surface area contributed by atoms with Gasteiger partial charge in [-0.05, 0) is 25.1 Å². The van der Waals surface area contributed by atoms with E-state index in [1.54, 1.807) is 28.8 Å². The molecule has 0 radical (unpaired) electrons. The molecule has 0 aliphatic carbocycles. The average molecular weight is 328 g/mol. The molecule has 0 saturated carbocycles. The van der Waals surface area contributed by atoms with Crippen LogP contribution in [0.3, 0.4) is 0 Å². The maximum atomic E-state index is 12.2. The summed E-state index contributed by atoms with van der Waals surface area (Å²) in [4.78, 5) is 30.1. The first-order valence-electron chi connectivity index (χ1n) is 7.84. The summed E-state index contributed by atoms with van der Waals surface area (Å²) in [5.41, 5.74) is 7.61. The lowest BCUT2D eigenvalue weighted by atomic mass is 10.2. The molecule has 24 heavy (non-hydrogen) atoms. The number of nitrogens with two attached hydrogens (primary N) is 1. The van der Waals surface area contributed by atoms with Gasteiger partial charge in [0, 0.05) is 12.7 Å². The van der Waals surface area contributed by atoms with E-state index >= 15 is 0 Å². The number of rotatable bonds is 4. The van der Waals surface area contributed by atoms with Crippen molar-refractivity contribution in [1.82, 2.24) is 25.0 Å². The molecule has 2 aromatic heterocycles. The number of carbonyl (C=O) groups excluding carboxylic acids is 2. The van der Waals surface area contributed by atoms with Gasteiger partial charge in [0.2, 0.25) is 5.91 Å². The molecule has 2 aromatic rings. The fourth-order valence-electron chi connectivity index (χ4n) is 2.62. The smallest absolute Gasteiger partial charge is 0.272 e. The number of hydrogen-bond acceptors (Lipinski definition) is 5. The fraction of sp³-hybridized carbons (Fsp3) is 0.375. The van der Waals surface area contributed by atoms with Crippen molar-refractivity contribution in [2.75, 3.05) is 6.54 Å². The van der Waals surface area contributed by atoms with E-state index in [4.69, 9.17) is 5.73 Å².